The number of allylic oxidation sites excluding steroid dienone is 2. The summed E-state index contributed by atoms with van der Waals surface area (Å²) in [5.74, 6) is -0.528. The first-order valence-corrected chi connectivity index (χ1v) is 9.12. The number of benzene rings is 1. The number of alkyl halides is 3. The maximum Gasteiger partial charge on any atom is 0.423 e. The number of rotatable bonds is 7. The van der Waals surface area contributed by atoms with E-state index in [1.807, 2.05) is 19.1 Å². The Morgan fingerprint density at radius 2 is 1.86 bits per heavy atom. The molecule has 0 unspecified atom stereocenters. The van der Waals surface area contributed by atoms with Crippen LogP contribution in [0.1, 0.15) is 31.5 Å². The van der Waals surface area contributed by atoms with E-state index in [-0.39, 0.29) is 5.70 Å². The molecule has 0 atom stereocenters. The fourth-order valence-electron chi connectivity index (χ4n) is 2.59. The number of hydrogen-bond donors (Lipinski definition) is 1. The quantitative estimate of drug-likeness (QED) is 0.349. The molecule has 0 aliphatic rings. The molecule has 2 rings (SSSR count). The number of pyridine rings is 1. The first kappa shape index (κ1) is 22.2. The SMILES string of the molecule is CC/C=C(Nc1ccc(C)cc1)/C(=C(\N=C(/C)c1ccccn1)OC)C(F)(F)F. The van der Waals surface area contributed by atoms with Gasteiger partial charge in [0.05, 0.1) is 24.2 Å². The molecule has 0 radical (unpaired) electrons. The van der Waals surface area contributed by atoms with Gasteiger partial charge in [-0.1, -0.05) is 36.8 Å². The maximum atomic E-state index is 14.0. The van der Waals surface area contributed by atoms with E-state index in [0.29, 0.717) is 23.5 Å². The summed E-state index contributed by atoms with van der Waals surface area (Å²) in [5.41, 5.74) is 1.25. The number of aryl methyl sites for hydroxylation is 1. The molecule has 0 aliphatic heterocycles. The first-order valence-electron chi connectivity index (χ1n) is 9.12. The topological polar surface area (TPSA) is 46.5 Å². The van der Waals surface area contributed by atoms with Crippen molar-refractivity contribution in [3.05, 3.63) is 83.1 Å². The number of nitrogens with one attached hydrogen (secondary N) is 1. The van der Waals surface area contributed by atoms with Gasteiger partial charge in [-0.2, -0.15) is 13.2 Å². The number of nitrogens with zero attached hydrogens (tertiary/aromatic N) is 2. The van der Waals surface area contributed by atoms with Gasteiger partial charge in [0, 0.05) is 11.9 Å². The number of halogens is 3. The predicted molar refractivity (Wildman–Crippen MR) is 110 cm³/mol. The third-order valence-corrected chi connectivity index (χ3v) is 4.00. The van der Waals surface area contributed by atoms with Gasteiger partial charge < -0.3 is 10.1 Å². The van der Waals surface area contributed by atoms with Crippen molar-refractivity contribution in [2.75, 3.05) is 12.4 Å². The normalized spacial score (nSPS) is 13.8. The molecule has 0 spiro atoms. The minimum Gasteiger partial charge on any atom is -0.480 e. The van der Waals surface area contributed by atoms with E-state index >= 15 is 0 Å². The Morgan fingerprint density at radius 3 is 2.38 bits per heavy atom. The molecule has 0 saturated heterocycles. The zero-order valence-corrected chi connectivity index (χ0v) is 16.8. The molecule has 0 amide bonds. The van der Waals surface area contributed by atoms with Crippen molar-refractivity contribution in [1.82, 2.24) is 4.98 Å². The standard InChI is InChI=1S/C22H24F3N3O/c1-5-8-19(28-17-12-10-15(2)11-13-17)20(22(23,24)25)21(29-4)27-16(3)18-9-6-7-14-26-18/h6-14,28H,5H2,1-4H3/b19-8-,21-20-,27-16+. The average Bonchev–Trinajstić information content (AvgIpc) is 2.68. The molecule has 4 nitrogen and oxygen atoms in total. The van der Waals surface area contributed by atoms with Crippen LogP contribution in [-0.2, 0) is 4.74 Å². The van der Waals surface area contributed by atoms with Crippen LogP contribution in [0, 0.1) is 6.92 Å². The summed E-state index contributed by atoms with van der Waals surface area (Å²) in [6, 6.07) is 12.2. The summed E-state index contributed by atoms with van der Waals surface area (Å²) in [7, 11) is 1.17. The second-order valence-electron chi connectivity index (χ2n) is 6.31. The molecular weight excluding hydrogens is 379 g/mol. The van der Waals surface area contributed by atoms with Crippen LogP contribution in [0.5, 0.6) is 0 Å². The maximum absolute atomic E-state index is 14.0. The van der Waals surface area contributed by atoms with Gasteiger partial charge in [-0.25, -0.2) is 4.99 Å². The van der Waals surface area contributed by atoms with Crippen molar-refractivity contribution in [1.29, 1.82) is 0 Å². The Hall–Kier alpha value is -3.09. The molecule has 0 saturated carbocycles. The monoisotopic (exact) mass is 403 g/mol. The van der Waals surface area contributed by atoms with Gasteiger partial charge in [0.15, 0.2) is 0 Å². The highest BCUT2D eigenvalue weighted by molar-refractivity contribution is 5.97. The number of hydrogen-bond acceptors (Lipinski definition) is 4. The van der Waals surface area contributed by atoms with Crippen molar-refractivity contribution in [2.45, 2.75) is 33.4 Å². The van der Waals surface area contributed by atoms with E-state index in [1.54, 1.807) is 50.4 Å². The highest BCUT2D eigenvalue weighted by Crippen LogP contribution is 2.35. The van der Waals surface area contributed by atoms with Crippen LogP contribution in [0.15, 0.2) is 76.9 Å². The van der Waals surface area contributed by atoms with E-state index in [0.717, 1.165) is 5.56 Å². The van der Waals surface area contributed by atoms with Crippen LogP contribution in [-0.4, -0.2) is 24.0 Å². The fourth-order valence-corrected chi connectivity index (χ4v) is 2.59. The Labute approximate surface area is 168 Å². The van der Waals surface area contributed by atoms with Crippen LogP contribution >= 0.6 is 0 Å². The Bertz CT molecular complexity index is 899. The number of aliphatic imine (C=N–C) groups is 1. The second kappa shape index (κ2) is 9.91. The van der Waals surface area contributed by atoms with Gasteiger partial charge in [-0.05, 0) is 44.5 Å². The van der Waals surface area contributed by atoms with Crippen LogP contribution in [0.3, 0.4) is 0 Å². The lowest BCUT2D eigenvalue weighted by atomic mass is 10.1. The van der Waals surface area contributed by atoms with E-state index < -0.39 is 17.6 Å². The van der Waals surface area contributed by atoms with E-state index in [2.05, 4.69) is 15.3 Å². The predicted octanol–water partition coefficient (Wildman–Crippen LogP) is 6.03. The molecule has 1 N–H and O–H groups in total. The summed E-state index contributed by atoms with van der Waals surface area (Å²) < 4.78 is 47.2. The molecule has 0 aliphatic carbocycles. The van der Waals surface area contributed by atoms with Crippen LogP contribution in [0.25, 0.3) is 0 Å². The molecule has 1 aromatic heterocycles. The largest absolute Gasteiger partial charge is 0.480 e. The minimum absolute atomic E-state index is 0.113. The van der Waals surface area contributed by atoms with E-state index in [4.69, 9.17) is 4.74 Å². The number of methoxy groups -OCH3 is 1. The summed E-state index contributed by atoms with van der Waals surface area (Å²) >= 11 is 0. The van der Waals surface area contributed by atoms with E-state index in [1.165, 1.54) is 13.2 Å². The Kier molecular flexibility index (Phi) is 7.59. The smallest absolute Gasteiger partial charge is 0.423 e. The Morgan fingerprint density at radius 1 is 1.17 bits per heavy atom. The lowest BCUT2D eigenvalue weighted by Gasteiger charge is -2.19. The lowest BCUT2D eigenvalue weighted by Crippen LogP contribution is -2.21. The second-order valence-corrected chi connectivity index (χ2v) is 6.31. The fraction of sp³-hybridized carbons (Fsp3) is 0.273. The van der Waals surface area contributed by atoms with Gasteiger partial charge in [0.2, 0.25) is 5.88 Å². The van der Waals surface area contributed by atoms with Crippen molar-refractivity contribution < 1.29 is 17.9 Å². The summed E-state index contributed by atoms with van der Waals surface area (Å²) in [6.45, 7) is 5.26. The molecule has 29 heavy (non-hydrogen) atoms. The van der Waals surface area contributed by atoms with Gasteiger partial charge in [0.1, 0.15) is 5.57 Å². The van der Waals surface area contributed by atoms with E-state index in [9.17, 15) is 13.2 Å². The molecular formula is C22H24F3N3O. The lowest BCUT2D eigenvalue weighted by molar-refractivity contribution is -0.0924. The van der Waals surface area contributed by atoms with Crippen molar-refractivity contribution in [2.24, 2.45) is 4.99 Å². The Balaban J connectivity index is 2.57. The van der Waals surface area contributed by atoms with Crippen molar-refractivity contribution in [3.8, 4) is 0 Å². The number of anilines is 1. The molecule has 7 heteroatoms. The molecule has 154 valence electrons. The summed E-state index contributed by atoms with van der Waals surface area (Å²) in [4.78, 5) is 8.23. The highest BCUT2D eigenvalue weighted by Gasteiger charge is 2.40. The van der Waals surface area contributed by atoms with Crippen molar-refractivity contribution in [3.63, 3.8) is 0 Å². The minimum atomic E-state index is -4.68. The van der Waals surface area contributed by atoms with Gasteiger partial charge in [0.25, 0.3) is 0 Å². The number of aromatic nitrogens is 1. The summed E-state index contributed by atoms with van der Waals surface area (Å²) in [6.07, 6.45) is -1.27. The molecule has 2 aromatic rings. The molecule has 0 fully saturated rings. The van der Waals surface area contributed by atoms with Gasteiger partial charge >= 0.3 is 6.18 Å². The summed E-state index contributed by atoms with van der Waals surface area (Å²) in [5, 5.41) is 2.86. The van der Waals surface area contributed by atoms with Gasteiger partial charge in [-0.3, -0.25) is 4.98 Å². The van der Waals surface area contributed by atoms with Crippen LogP contribution < -0.4 is 5.32 Å². The molecule has 1 aromatic carbocycles. The van der Waals surface area contributed by atoms with Crippen molar-refractivity contribution >= 4 is 11.4 Å². The zero-order valence-electron chi connectivity index (χ0n) is 16.8. The van der Waals surface area contributed by atoms with Crippen LogP contribution in [0.2, 0.25) is 0 Å². The average molecular weight is 403 g/mol. The zero-order chi connectivity index (χ0) is 21.4. The highest BCUT2D eigenvalue weighted by atomic mass is 19.4. The molecule has 0 bridgehead atoms. The third kappa shape index (κ3) is 6.20. The van der Waals surface area contributed by atoms with Gasteiger partial charge in [-0.15, -0.1) is 0 Å². The molecule has 1 heterocycles. The van der Waals surface area contributed by atoms with Crippen LogP contribution in [0.4, 0.5) is 18.9 Å². The number of ether oxygens (including phenoxy) is 1. The third-order valence-electron chi connectivity index (χ3n) is 4.00. The first-order chi connectivity index (χ1) is 13.8.